The summed E-state index contributed by atoms with van der Waals surface area (Å²) < 4.78 is 11.0. The van der Waals surface area contributed by atoms with Gasteiger partial charge in [-0.3, -0.25) is 4.79 Å². The minimum Gasteiger partial charge on any atom is -0.493 e. The van der Waals surface area contributed by atoms with Gasteiger partial charge in [0.2, 0.25) is 0 Å². The smallest absolute Gasteiger partial charge is 0.171 e. The van der Waals surface area contributed by atoms with E-state index in [-0.39, 0.29) is 0 Å². The molecule has 0 aliphatic carbocycles. The third kappa shape index (κ3) is 4.62. The van der Waals surface area contributed by atoms with Gasteiger partial charge < -0.3 is 9.47 Å². The van der Waals surface area contributed by atoms with Crippen molar-refractivity contribution in [2.75, 3.05) is 13.7 Å². The maximum Gasteiger partial charge on any atom is 0.171 e. The first-order valence-corrected chi connectivity index (χ1v) is 7.64. The van der Waals surface area contributed by atoms with Gasteiger partial charge in [-0.2, -0.15) is 0 Å². The van der Waals surface area contributed by atoms with Crippen LogP contribution >= 0.6 is 0 Å². The minimum absolute atomic E-state index is 0.531. The number of hydrogen-bond acceptors (Lipinski definition) is 3. The lowest BCUT2D eigenvalue weighted by atomic mass is 10.1. The number of unbranched alkanes of at least 4 members (excludes halogenated alkanes) is 2. The third-order valence-electron chi connectivity index (χ3n) is 3.56. The molecule has 0 atom stereocenters. The van der Waals surface area contributed by atoms with Gasteiger partial charge >= 0.3 is 0 Å². The fourth-order valence-corrected chi connectivity index (χ4v) is 2.37. The number of aryl methyl sites for hydroxylation is 1. The summed E-state index contributed by atoms with van der Waals surface area (Å²) in [6.07, 6.45) is 5.09. The van der Waals surface area contributed by atoms with Crippen LogP contribution in [0.3, 0.4) is 0 Å². The lowest BCUT2D eigenvalue weighted by molar-refractivity contribution is 0.111. The average molecular weight is 298 g/mol. The van der Waals surface area contributed by atoms with Gasteiger partial charge in [0.1, 0.15) is 0 Å². The first kappa shape index (κ1) is 16.1. The van der Waals surface area contributed by atoms with E-state index in [1.54, 1.807) is 25.3 Å². The van der Waals surface area contributed by atoms with Gasteiger partial charge in [-0.25, -0.2) is 0 Å². The summed E-state index contributed by atoms with van der Waals surface area (Å²) >= 11 is 0. The molecule has 0 N–H and O–H groups in total. The molecular formula is C19H22O3. The summed E-state index contributed by atoms with van der Waals surface area (Å²) in [6.45, 7) is 0.593. The van der Waals surface area contributed by atoms with Gasteiger partial charge in [0.25, 0.3) is 0 Å². The molecule has 0 aliphatic heterocycles. The molecule has 2 aromatic carbocycles. The van der Waals surface area contributed by atoms with Gasteiger partial charge in [0.05, 0.1) is 19.3 Å². The number of hydrogen-bond donors (Lipinski definition) is 0. The molecule has 22 heavy (non-hydrogen) atoms. The van der Waals surface area contributed by atoms with E-state index in [0.717, 1.165) is 32.0 Å². The fourth-order valence-electron chi connectivity index (χ4n) is 2.37. The topological polar surface area (TPSA) is 35.5 Å². The van der Waals surface area contributed by atoms with Crippen molar-refractivity contribution in [2.24, 2.45) is 0 Å². The van der Waals surface area contributed by atoms with Crippen LogP contribution in [0.5, 0.6) is 11.5 Å². The van der Waals surface area contributed by atoms with Crippen molar-refractivity contribution < 1.29 is 14.3 Å². The Balaban J connectivity index is 1.74. The third-order valence-corrected chi connectivity index (χ3v) is 3.56. The second-order valence-corrected chi connectivity index (χ2v) is 5.14. The van der Waals surface area contributed by atoms with Crippen LogP contribution in [0.15, 0.2) is 48.5 Å². The number of rotatable bonds is 9. The SMILES string of the molecule is COc1cccc(C=O)c1OCCCCCc1ccccc1. The summed E-state index contributed by atoms with van der Waals surface area (Å²) in [5.41, 5.74) is 1.90. The highest BCUT2D eigenvalue weighted by molar-refractivity contribution is 5.81. The lowest BCUT2D eigenvalue weighted by Gasteiger charge is -2.12. The molecule has 0 aromatic heterocycles. The molecule has 0 radical (unpaired) electrons. The zero-order chi connectivity index (χ0) is 15.6. The van der Waals surface area contributed by atoms with E-state index < -0.39 is 0 Å². The molecule has 0 aliphatic rings. The zero-order valence-electron chi connectivity index (χ0n) is 13.0. The number of benzene rings is 2. The lowest BCUT2D eigenvalue weighted by Crippen LogP contribution is -2.02. The van der Waals surface area contributed by atoms with Crippen molar-refractivity contribution in [1.29, 1.82) is 0 Å². The van der Waals surface area contributed by atoms with Gasteiger partial charge in [-0.05, 0) is 43.4 Å². The standard InChI is InChI=1S/C19H22O3/c1-21-18-13-8-12-17(15-20)19(18)22-14-7-3-6-11-16-9-4-2-5-10-16/h2,4-5,8-10,12-13,15H,3,6-7,11,14H2,1H3. The van der Waals surface area contributed by atoms with Crippen LogP contribution in [0.2, 0.25) is 0 Å². The molecule has 0 fully saturated rings. The average Bonchev–Trinajstić information content (AvgIpc) is 2.58. The Labute approximate surface area is 131 Å². The van der Waals surface area contributed by atoms with Crippen molar-refractivity contribution in [3.8, 4) is 11.5 Å². The summed E-state index contributed by atoms with van der Waals surface area (Å²) in [7, 11) is 1.58. The molecule has 2 aromatic rings. The molecule has 0 unspecified atom stereocenters. The van der Waals surface area contributed by atoms with E-state index in [4.69, 9.17) is 9.47 Å². The van der Waals surface area contributed by atoms with Crippen molar-refractivity contribution in [1.82, 2.24) is 0 Å². The Kier molecular flexibility index (Phi) is 6.49. The Morgan fingerprint density at radius 3 is 2.50 bits per heavy atom. The second-order valence-electron chi connectivity index (χ2n) is 5.14. The van der Waals surface area contributed by atoms with Gasteiger partial charge in [-0.15, -0.1) is 0 Å². The molecule has 3 heteroatoms. The highest BCUT2D eigenvalue weighted by Gasteiger charge is 2.09. The van der Waals surface area contributed by atoms with Crippen LogP contribution in [0, 0.1) is 0 Å². The van der Waals surface area contributed by atoms with E-state index in [9.17, 15) is 4.79 Å². The maximum atomic E-state index is 11.1. The molecule has 0 amide bonds. The van der Waals surface area contributed by atoms with Gasteiger partial charge in [-0.1, -0.05) is 36.4 Å². The Hall–Kier alpha value is -2.29. The van der Waals surface area contributed by atoms with E-state index in [2.05, 4.69) is 24.3 Å². The van der Waals surface area contributed by atoms with E-state index in [0.29, 0.717) is 23.7 Å². The number of methoxy groups -OCH3 is 1. The van der Waals surface area contributed by atoms with E-state index in [1.807, 2.05) is 6.07 Å². The highest BCUT2D eigenvalue weighted by atomic mass is 16.5. The minimum atomic E-state index is 0.531. The van der Waals surface area contributed by atoms with Crippen molar-refractivity contribution in [2.45, 2.75) is 25.7 Å². The number of aldehydes is 1. The van der Waals surface area contributed by atoms with Crippen LogP contribution in [-0.4, -0.2) is 20.0 Å². The van der Waals surface area contributed by atoms with Crippen molar-refractivity contribution in [3.63, 3.8) is 0 Å². The summed E-state index contributed by atoms with van der Waals surface area (Å²) in [6, 6.07) is 15.8. The van der Waals surface area contributed by atoms with Crippen LogP contribution in [0.25, 0.3) is 0 Å². The molecule has 0 saturated heterocycles. The summed E-state index contributed by atoms with van der Waals surface area (Å²) in [5, 5.41) is 0. The second kappa shape index (κ2) is 8.88. The van der Waals surface area contributed by atoms with Crippen molar-refractivity contribution >= 4 is 6.29 Å². The Morgan fingerprint density at radius 1 is 0.955 bits per heavy atom. The Morgan fingerprint density at radius 2 is 1.77 bits per heavy atom. The first-order valence-electron chi connectivity index (χ1n) is 7.64. The van der Waals surface area contributed by atoms with E-state index in [1.165, 1.54) is 5.56 Å². The quantitative estimate of drug-likeness (QED) is 0.511. The fraction of sp³-hybridized carbons (Fsp3) is 0.316. The number of para-hydroxylation sites is 1. The van der Waals surface area contributed by atoms with Crippen LogP contribution in [-0.2, 0) is 6.42 Å². The summed E-state index contributed by atoms with van der Waals surface area (Å²) in [5.74, 6) is 1.15. The zero-order valence-corrected chi connectivity index (χ0v) is 13.0. The number of carbonyl (C=O) groups excluding carboxylic acids is 1. The first-order chi connectivity index (χ1) is 10.8. The maximum absolute atomic E-state index is 11.1. The number of ether oxygens (including phenoxy) is 2. The molecule has 0 bridgehead atoms. The number of carbonyl (C=O) groups is 1. The Bertz CT molecular complexity index is 578. The van der Waals surface area contributed by atoms with Crippen LogP contribution < -0.4 is 9.47 Å². The normalized spacial score (nSPS) is 10.2. The molecule has 0 heterocycles. The molecule has 2 rings (SSSR count). The van der Waals surface area contributed by atoms with E-state index >= 15 is 0 Å². The van der Waals surface area contributed by atoms with Crippen molar-refractivity contribution in [3.05, 3.63) is 59.7 Å². The van der Waals surface area contributed by atoms with Crippen LogP contribution in [0.1, 0.15) is 35.2 Å². The molecule has 3 nitrogen and oxygen atoms in total. The molecule has 0 saturated carbocycles. The predicted octanol–water partition coefficient (Wildman–Crippen LogP) is 4.30. The molecular weight excluding hydrogens is 276 g/mol. The predicted molar refractivity (Wildman–Crippen MR) is 87.9 cm³/mol. The molecule has 0 spiro atoms. The largest absolute Gasteiger partial charge is 0.493 e. The summed E-state index contributed by atoms with van der Waals surface area (Å²) in [4.78, 5) is 11.1. The monoisotopic (exact) mass is 298 g/mol. The van der Waals surface area contributed by atoms with Crippen LogP contribution in [0.4, 0.5) is 0 Å². The van der Waals surface area contributed by atoms with Gasteiger partial charge in [0, 0.05) is 0 Å². The molecule has 116 valence electrons. The van der Waals surface area contributed by atoms with Gasteiger partial charge in [0.15, 0.2) is 17.8 Å². The highest BCUT2D eigenvalue weighted by Crippen LogP contribution is 2.30.